The van der Waals surface area contributed by atoms with Gasteiger partial charge in [-0.3, -0.25) is 9.48 Å². The molecule has 0 unspecified atom stereocenters. The van der Waals surface area contributed by atoms with E-state index in [4.69, 9.17) is 11.6 Å². The van der Waals surface area contributed by atoms with Crippen molar-refractivity contribution in [2.24, 2.45) is 0 Å². The lowest BCUT2D eigenvalue weighted by Crippen LogP contribution is -2.27. The summed E-state index contributed by atoms with van der Waals surface area (Å²) in [5.74, 6) is -0.104. The Morgan fingerprint density at radius 3 is 2.75 bits per heavy atom. The van der Waals surface area contributed by atoms with Crippen molar-refractivity contribution in [2.45, 2.75) is 25.8 Å². The van der Waals surface area contributed by atoms with Crippen LogP contribution >= 0.6 is 11.6 Å². The number of benzene rings is 2. The Hall–Kier alpha value is -3.83. The lowest BCUT2D eigenvalue weighted by atomic mass is 9.86. The molecule has 9 heteroatoms. The van der Waals surface area contributed by atoms with Crippen LogP contribution in [-0.4, -0.2) is 25.7 Å². The molecule has 32 heavy (non-hydrogen) atoms. The summed E-state index contributed by atoms with van der Waals surface area (Å²) in [6.07, 6.45) is 0. The second-order valence-corrected chi connectivity index (χ2v) is 8.51. The van der Waals surface area contributed by atoms with Crippen LogP contribution in [0.4, 0.5) is 10.2 Å². The van der Waals surface area contributed by atoms with Crippen molar-refractivity contribution in [1.29, 1.82) is 5.26 Å². The summed E-state index contributed by atoms with van der Waals surface area (Å²) in [6, 6.07) is 13.8. The molecule has 1 aliphatic heterocycles. The Morgan fingerprint density at radius 1 is 1.22 bits per heavy atom. The largest absolute Gasteiger partial charge is 0.310 e. The van der Waals surface area contributed by atoms with Gasteiger partial charge in [-0.1, -0.05) is 29.8 Å². The first-order chi connectivity index (χ1) is 15.3. The average molecular weight is 447 g/mol. The number of hydrogen-bond donors (Lipinski definition) is 1. The third-order valence-corrected chi connectivity index (χ3v) is 5.88. The zero-order valence-corrected chi connectivity index (χ0v) is 17.9. The van der Waals surface area contributed by atoms with E-state index in [2.05, 4.69) is 26.5 Å². The molecule has 2 aromatic heterocycles. The van der Waals surface area contributed by atoms with Crippen LogP contribution in [0.25, 0.3) is 22.4 Å². The van der Waals surface area contributed by atoms with Crippen molar-refractivity contribution in [3.8, 4) is 17.6 Å². The Labute approximate surface area is 187 Å². The summed E-state index contributed by atoms with van der Waals surface area (Å²) in [7, 11) is 0. The van der Waals surface area contributed by atoms with Crippen LogP contribution in [0.3, 0.4) is 0 Å². The molecule has 0 saturated carbocycles. The number of carbonyl (C=O) groups is 1. The number of nitriles is 1. The monoisotopic (exact) mass is 446 g/mol. The fraction of sp³-hybridized carbons (Fsp3) is 0.174. The van der Waals surface area contributed by atoms with Crippen LogP contribution in [0.5, 0.6) is 0 Å². The van der Waals surface area contributed by atoms with E-state index in [1.807, 2.05) is 0 Å². The van der Waals surface area contributed by atoms with Crippen LogP contribution in [0.1, 0.15) is 30.7 Å². The molecule has 0 saturated heterocycles. The summed E-state index contributed by atoms with van der Waals surface area (Å²) < 4.78 is 15.9. The molecule has 4 aromatic rings. The highest BCUT2D eigenvalue weighted by molar-refractivity contribution is 6.31. The van der Waals surface area contributed by atoms with Crippen molar-refractivity contribution >= 4 is 34.2 Å². The van der Waals surface area contributed by atoms with Gasteiger partial charge in [0.1, 0.15) is 23.4 Å². The first kappa shape index (κ1) is 20.1. The third-order valence-electron chi connectivity index (χ3n) is 5.64. The van der Waals surface area contributed by atoms with Crippen LogP contribution in [0, 0.1) is 17.1 Å². The fourth-order valence-corrected chi connectivity index (χ4v) is 4.09. The van der Waals surface area contributed by atoms with Crippen molar-refractivity contribution in [1.82, 2.24) is 19.7 Å². The van der Waals surface area contributed by atoms with E-state index in [0.717, 1.165) is 0 Å². The number of halogens is 2. The maximum atomic E-state index is 14.3. The smallest absolute Gasteiger partial charge is 0.235 e. The summed E-state index contributed by atoms with van der Waals surface area (Å²) in [5.41, 5.74) is 1.20. The molecule has 0 aliphatic carbocycles. The predicted molar refractivity (Wildman–Crippen MR) is 118 cm³/mol. The first-order valence-electron chi connectivity index (χ1n) is 9.83. The summed E-state index contributed by atoms with van der Waals surface area (Å²) in [5, 5.41) is 18.3. The second-order valence-electron chi connectivity index (χ2n) is 8.07. The Kier molecular flexibility index (Phi) is 4.46. The highest BCUT2D eigenvalue weighted by Gasteiger charge is 2.43. The van der Waals surface area contributed by atoms with Gasteiger partial charge in [0.25, 0.3) is 0 Å². The minimum Gasteiger partial charge on any atom is -0.310 e. The van der Waals surface area contributed by atoms with Gasteiger partial charge in [-0.25, -0.2) is 14.4 Å². The maximum Gasteiger partial charge on any atom is 0.235 e. The predicted octanol–water partition coefficient (Wildman–Crippen LogP) is 4.44. The quantitative estimate of drug-likeness (QED) is 0.502. The minimum absolute atomic E-state index is 0.110. The van der Waals surface area contributed by atoms with Crippen LogP contribution < -0.4 is 5.32 Å². The molecule has 7 nitrogen and oxygen atoms in total. The number of aromatic nitrogens is 4. The SMILES string of the molecule is CC1(C)C(=O)Nc2nc(-c3nn(Cc4ccccc4F)c4cc(Cl)ccc34)nc(C#N)c21. The van der Waals surface area contributed by atoms with Gasteiger partial charge in [0.15, 0.2) is 11.5 Å². The molecule has 0 bridgehead atoms. The Morgan fingerprint density at radius 2 is 2.00 bits per heavy atom. The first-order valence-corrected chi connectivity index (χ1v) is 10.2. The van der Waals surface area contributed by atoms with Crippen molar-refractivity contribution in [3.63, 3.8) is 0 Å². The molecule has 0 radical (unpaired) electrons. The number of amides is 1. The lowest BCUT2D eigenvalue weighted by molar-refractivity contribution is -0.119. The van der Waals surface area contributed by atoms with Gasteiger partial charge < -0.3 is 5.32 Å². The molecule has 158 valence electrons. The zero-order chi connectivity index (χ0) is 22.6. The fourth-order valence-electron chi connectivity index (χ4n) is 3.93. The molecule has 3 heterocycles. The zero-order valence-electron chi connectivity index (χ0n) is 17.1. The maximum absolute atomic E-state index is 14.3. The van der Waals surface area contributed by atoms with Gasteiger partial charge in [-0.2, -0.15) is 10.4 Å². The number of nitrogens with zero attached hydrogens (tertiary/aromatic N) is 5. The van der Waals surface area contributed by atoms with Crippen molar-refractivity contribution < 1.29 is 9.18 Å². The van der Waals surface area contributed by atoms with Gasteiger partial charge >= 0.3 is 0 Å². The molecule has 0 spiro atoms. The number of hydrogen-bond acceptors (Lipinski definition) is 5. The van der Waals surface area contributed by atoms with E-state index >= 15 is 0 Å². The highest BCUT2D eigenvalue weighted by atomic mass is 35.5. The van der Waals surface area contributed by atoms with Crippen LogP contribution in [0.2, 0.25) is 5.02 Å². The Balaban J connectivity index is 1.71. The van der Waals surface area contributed by atoms with Gasteiger partial charge in [0.2, 0.25) is 5.91 Å². The van der Waals surface area contributed by atoms with E-state index in [-0.39, 0.29) is 29.8 Å². The van der Waals surface area contributed by atoms with Crippen LogP contribution in [0.15, 0.2) is 42.5 Å². The molecule has 1 aliphatic rings. The summed E-state index contributed by atoms with van der Waals surface area (Å²) in [6.45, 7) is 3.61. The van der Waals surface area contributed by atoms with Gasteiger partial charge in [-0.05, 0) is 38.1 Å². The second kappa shape index (κ2) is 7.11. The molecule has 5 rings (SSSR count). The van der Waals surface area contributed by atoms with E-state index in [1.165, 1.54) is 6.07 Å². The number of rotatable bonds is 3. The number of carbonyl (C=O) groups excluding carboxylic acids is 1. The molecule has 1 N–H and O–H groups in total. The summed E-state index contributed by atoms with van der Waals surface area (Å²) in [4.78, 5) is 21.3. The van der Waals surface area contributed by atoms with Gasteiger partial charge in [-0.15, -0.1) is 0 Å². The average Bonchev–Trinajstić information content (AvgIpc) is 3.23. The lowest BCUT2D eigenvalue weighted by Gasteiger charge is -2.15. The molecular weight excluding hydrogens is 431 g/mol. The molecule has 1 amide bonds. The Bertz CT molecular complexity index is 1470. The standard InChI is InChI=1S/C23H16ClFN6O/c1-23(2)18-16(10-26)27-21(28-20(18)29-22(23)32)19-14-8-7-13(24)9-17(14)31(30-19)11-12-5-3-4-6-15(12)25/h3-9H,11H2,1-2H3,(H,27,28,29,32). The van der Waals surface area contributed by atoms with Crippen molar-refractivity contribution in [3.05, 3.63) is 70.1 Å². The number of anilines is 1. The van der Waals surface area contributed by atoms with Gasteiger partial charge in [0, 0.05) is 21.5 Å². The van der Waals surface area contributed by atoms with E-state index in [9.17, 15) is 14.4 Å². The molecule has 0 fully saturated rings. The number of nitrogens with one attached hydrogen (secondary N) is 1. The third kappa shape index (κ3) is 3.01. The van der Waals surface area contributed by atoms with E-state index in [1.54, 1.807) is 54.9 Å². The minimum atomic E-state index is -0.918. The topological polar surface area (TPSA) is 96.5 Å². The van der Waals surface area contributed by atoms with Gasteiger partial charge in [0.05, 0.1) is 17.5 Å². The van der Waals surface area contributed by atoms with Crippen LogP contribution in [-0.2, 0) is 16.8 Å². The number of fused-ring (bicyclic) bond motifs is 2. The molecule has 0 atom stereocenters. The molecular formula is C23H16ClFN6O. The van der Waals surface area contributed by atoms with E-state index in [0.29, 0.717) is 38.6 Å². The summed E-state index contributed by atoms with van der Waals surface area (Å²) >= 11 is 6.22. The highest BCUT2D eigenvalue weighted by Crippen LogP contribution is 2.39. The van der Waals surface area contributed by atoms with E-state index < -0.39 is 5.41 Å². The molecule has 2 aromatic carbocycles. The normalized spacial score (nSPS) is 14.3. The van der Waals surface area contributed by atoms with Crippen molar-refractivity contribution in [2.75, 3.05) is 5.32 Å².